The van der Waals surface area contributed by atoms with Crippen LogP contribution in [0, 0.1) is 13.8 Å². The Hall–Kier alpha value is -2.89. The molecule has 0 bridgehead atoms. The monoisotopic (exact) mass is 329 g/mol. The molecule has 0 atom stereocenters. The van der Waals surface area contributed by atoms with Crippen molar-refractivity contribution in [2.75, 3.05) is 13.2 Å². The fourth-order valence-electron chi connectivity index (χ4n) is 2.40. The summed E-state index contributed by atoms with van der Waals surface area (Å²) in [6.45, 7) is 5.23. The van der Waals surface area contributed by atoms with Crippen LogP contribution in [0.5, 0.6) is 5.75 Å². The van der Waals surface area contributed by atoms with Gasteiger partial charge in [0, 0.05) is 11.3 Å². The van der Waals surface area contributed by atoms with Crippen LogP contribution in [0.15, 0.2) is 24.3 Å². The predicted molar refractivity (Wildman–Crippen MR) is 87.9 cm³/mol. The summed E-state index contributed by atoms with van der Waals surface area (Å²) in [6.07, 6.45) is 0.733. The molecule has 0 aliphatic heterocycles. The largest absolute Gasteiger partial charge is 0.485 e. The van der Waals surface area contributed by atoms with Gasteiger partial charge in [0.1, 0.15) is 12.0 Å². The van der Waals surface area contributed by atoms with Gasteiger partial charge in [-0.15, -0.1) is 0 Å². The zero-order chi connectivity index (χ0) is 17.7. The standard InChI is InChI=1S/C18H19NO5/c1-4-23-18(22)16-11(2)17(19-12(16)3)15(21)10-24-14-7-5-13(9-20)6-8-14/h5-9,19H,4,10H2,1-3H3. The molecule has 126 valence electrons. The average molecular weight is 329 g/mol. The van der Waals surface area contributed by atoms with Crippen LogP contribution >= 0.6 is 0 Å². The highest BCUT2D eigenvalue weighted by atomic mass is 16.5. The average Bonchev–Trinajstić information content (AvgIpc) is 2.88. The number of ketones is 1. The van der Waals surface area contributed by atoms with E-state index in [0.29, 0.717) is 33.8 Å². The van der Waals surface area contributed by atoms with E-state index < -0.39 is 5.97 Å². The van der Waals surface area contributed by atoms with Gasteiger partial charge in [0.25, 0.3) is 0 Å². The SMILES string of the molecule is CCOC(=O)c1c(C)[nH]c(C(=O)COc2ccc(C=O)cc2)c1C. The number of hydrogen-bond donors (Lipinski definition) is 1. The Labute approximate surface area is 139 Å². The van der Waals surface area contributed by atoms with Gasteiger partial charge in [0.05, 0.1) is 17.9 Å². The summed E-state index contributed by atoms with van der Waals surface area (Å²) in [4.78, 5) is 37.8. The molecule has 6 heteroatoms. The second-order valence-corrected chi connectivity index (χ2v) is 5.24. The zero-order valence-corrected chi connectivity index (χ0v) is 13.8. The lowest BCUT2D eigenvalue weighted by molar-refractivity contribution is 0.0525. The van der Waals surface area contributed by atoms with Crippen LogP contribution in [0.1, 0.15) is 49.4 Å². The van der Waals surface area contributed by atoms with E-state index in [9.17, 15) is 14.4 Å². The number of esters is 1. The van der Waals surface area contributed by atoms with Crippen LogP contribution in [0.2, 0.25) is 0 Å². The van der Waals surface area contributed by atoms with Crippen LogP contribution in [0.3, 0.4) is 0 Å². The van der Waals surface area contributed by atoms with Crippen molar-refractivity contribution in [3.8, 4) is 5.75 Å². The lowest BCUT2D eigenvalue weighted by Crippen LogP contribution is -2.13. The molecule has 0 unspecified atom stereocenters. The Kier molecular flexibility index (Phi) is 5.52. The zero-order valence-electron chi connectivity index (χ0n) is 13.8. The molecule has 1 aromatic heterocycles. The summed E-state index contributed by atoms with van der Waals surface area (Å²) in [5, 5.41) is 0. The lowest BCUT2D eigenvalue weighted by atomic mass is 10.1. The van der Waals surface area contributed by atoms with E-state index >= 15 is 0 Å². The molecule has 0 saturated carbocycles. The lowest BCUT2D eigenvalue weighted by Gasteiger charge is -2.06. The Balaban J connectivity index is 2.10. The second-order valence-electron chi connectivity index (χ2n) is 5.24. The smallest absolute Gasteiger partial charge is 0.340 e. The minimum Gasteiger partial charge on any atom is -0.485 e. The van der Waals surface area contributed by atoms with Gasteiger partial charge in [-0.2, -0.15) is 0 Å². The first kappa shape index (κ1) is 17.5. The number of hydrogen-bond acceptors (Lipinski definition) is 5. The van der Waals surface area contributed by atoms with Gasteiger partial charge in [0.15, 0.2) is 6.61 Å². The molecule has 0 spiro atoms. The van der Waals surface area contributed by atoms with Gasteiger partial charge in [-0.3, -0.25) is 9.59 Å². The number of benzene rings is 1. The van der Waals surface area contributed by atoms with E-state index in [1.807, 2.05) is 0 Å². The Morgan fingerprint density at radius 3 is 2.42 bits per heavy atom. The first-order valence-electron chi connectivity index (χ1n) is 7.55. The normalized spacial score (nSPS) is 10.3. The molecule has 0 saturated heterocycles. The van der Waals surface area contributed by atoms with Gasteiger partial charge in [0.2, 0.25) is 5.78 Å². The van der Waals surface area contributed by atoms with Crippen molar-refractivity contribution in [2.24, 2.45) is 0 Å². The summed E-state index contributed by atoms with van der Waals surface area (Å²) in [7, 11) is 0. The van der Waals surface area contributed by atoms with Gasteiger partial charge in [-0.05, 0) is 50.6 Å². The second kappa shape index (κ2) is 7.59. The summed E-state index contributed by atoms with van der Waals surface area (Å²) in [6, 6.07) is 6.45. The van der Waals surface area contributed by atoms with Crippen LogP contribution in [-0.4, -0.2) is 36.2 Å². The number of carbonyl (C=O) groups is 3. The van der Waals surface area contributed by atoms with E-state index in [1.54, 1.807) is 45.0 Å². The van der Waals surface area contributed by atoms with Crippen molar-refractivity contribution in [1.82, 2.24) is 4.98 Å². The number of carbonyl (C=O) groups excluding carboxylic acids is 3. The van der Waals surface area contributed by atoms with Crippen molar-refractivity contribution < 1.29 is 23.9 Å². The highest BCUT2D eigenvalue weighted by Gasteiger charge is 2.22. The van der Waals surface area contributed by atoms with E-state index in [4.69, 9.17) is 9.47 Å². The Bertz CT molecular complexity index is 758. The fraction of sp³-hybridized carbons (Fsp3) is 0.278. The minimum atomic E-state index is -0.451. The molecule has 0 aliphatic rings. The maximum absolute atomic E-state index is 12.3. The van der Waals surface area contributed by atoms with Crippen LogP contribution in [-0.2, 0) is 4.74 Å². The molecule has 2 rings (SSSR count). The number of aryl methyl sites for hydroxylation is 1. The number of aldehydes is 1. The number of aromatic amines is 1. The summed E-state index contributed by atoms with van der Waals surface area (Å²) in [5.74, 6) is -0.237. The highest BCUT2D eigenvalue weighted by Crippen LogP contribution is 2.20. The molecule has 0 amide bonds. The Morgan fingerprint density at radius 2 is 1.83 bits per heavy atom. The molecule has 0 aliphatic carbocycles. The van der Waals surface area contributed by atoms with E-state index in [1.165, 1.54) is 0 Å². The molecule has 2 aromatic rings. The molecule has 6 nitrogen and oxygen atoms in total. The van der Waals surface area contributed by atoms with Gasteiger partial charge in [-0.25, -0.2) is 4.79 Å². The summed E-state index contributed by atoms with van der Waals surface area (Å²) < 4.78 is 10.4. The third-order valence-corrected chi connectivity index (χ3v) is 3.58. The van der Waals surface area contributed by atoms with E-state index in [2.05, 4.69) is 4.98 Å². The maximum atomic E-state index is 12.3. The third kappa shape index (κ3) is 3.71. The summed E-state index contributed by atoms with van der Waals surface area (Å²) in [5.41, 5.74) is 2.39. The molecular weight excluding hydrogens is 310 g/mol. The molecular formula is C18H19NO5. The van der Waals surface area contributed by atoms with Crippen LogP contribution in [0.25, 0.3) is 0 Å². The fourth-order valence-corrected chi connectivity index (χ4v) is 2.40. The van der Waals surface area contributed by atoms with Crippen molar-refractivity contribution in [3.63, 3.8) is 0 Å². The first-order chi connectivity index (χ1) is 11.5. The van der Waals surface area contributed by atoms with Crippen molar-refractivity contribution in [3.05, 3.63) is 52.3 Å². The molecule has 1 heterocycles. The molecule has 1 N–H and O–H groups in total. The number of nitrogens with one attached hydrogen (secondary N) is 1. The number of aromatic nitrogens is 1. The van der Waals surface area contributed by atoms with E-state index in [0.717, 1.165) is 6.29 Å². The topological polar surface area (TPSA) is 85.5 Å². The van der Waals surface area contributed by atoms with E-state index in [-0.39, 0.29) is 19.0 Å². The van der Waals surface area contributed by atoms with Crippen molar-refractivity contribution >= 4 is 18.0 Å². The third-order valence-electron chi connectivity index (χ3n) is 3.58. The number of H-pyrrole nitrogens is 1. The minimum absolute atomic E-state index is 0.177. The quantitative estimate of drug-likeness (QED) is 0.479. The molecule has 24 heavy (non-hydrogen) atoms. The number of rotatable bonds is 7. The molecule has 1 aromatic carbocycles. The maximum Gasteiger partial charge on any atom is 0.340 e. The Morgan fingerprint density at radius 1 is 1.17 bits per heavy atom. The van der Waals surface area contributed by atoms with Crippen molar-refractivity contribution in [1.29, 1.82) is 0 Å². The van der Waals surface area contributed by atoms with Crippen molar-refractivity contribution in [2.45, 2.75) is 20.8 Å². The molecule has 0 radical (unpaired) electrons. The highest BCUT2D eigenvalue weighted by molar-refractivity contribution is 6.02. The first-order valence-corrected chi connectivity index (χ1v) is 7.55. The summed E-state index contributed by atoms with van der Waals surface area (Å²) >= 11 is 0. The van der Waals surface area contributed by atoms with Crippen LogP contribution < -0.4 is 4.74 Å². The van der Waals surface area contributed by atoms with Crippen LogP contribution in [0.4, 0.5) is 0 Å². The molecule has 0 fully saturated rings. The predicted octanol–water partition coefficient (Wildman–Crippen LogP) is 2.88. The van der Waals surface area contributed by atoms with Gasteiger partial charge in [-0.1, -0.05) is 0 Å². The number of ether oxygens (including phenoxy) is 2. The van der Waals surface area contributed by atoms with Gasteiger partial charge < -0.3 is 14.5 Å². The number of Topliss-reactive ketones (excluding diaryl/α,β-unsaturated/α-hetero) is 1. The van der Waals surface area contributed by atoms with Gasteiger partial charge >= 0.3 is 5.97 Å².